The number of pyridine rings is 1. The average molecular weight is 442 g/mol. The van der Waals surface area contributed by atoms with Crippen LogP contribution in [0.4, 0.5) is 5.69 Å². The van der Waals surface area contributed by atoms with Crippen LogP contribution in [0.1, 0.15) is 17.5 Å². The number of carbonyl (C=O) groups is 1. The zero-order chi connectivity index (χ0) is 20.8. The molecule has 1 heterocycles. The van der Waals surface area contributed by atoms with Gasteiger partial charge in [-0.1, -0.05) is 59.1 Å². The summed E-state index contributed by atoms with van der Waals surface area (Å²) in [4.78, 5) is 16.8. The number of halogens is 2. The van der Waals surface area contributed by atoms with Crippen molar-refractivity contribution in [3.63, 3.8) is 0 Å². The predicted molar refractivity (Wildman–Crippen MR) is 120 cm³/mol. The van der Waals surface area contributed by atoms with Crippen LogP contribution < -0.4 is 5.32 Å². The molecule has 0 aliphatic heterocycles. The second-order valence-electron chi connectivity index (χ2n) is 6.28. The minimum Gasteiger partial charge on any atom is -0.325 e. The van der Waals surface area contributed by atoms with Gasteiger partial charge in [-0.2, -0.15) is 5.26 Å². The van der Waals surface area contributed by atoms with Crippen LogP contribution in [0.2, 0.25) is 10.0 Å². The zero-order valence-corrected chi connectivity index (χ0v) is 17.9. The Morgan fingerprint density at radius 1 is 1.14 bits per heavy atom. The van der Waals surface area contributed by atoms with Crippen molar-refractivity contribution in [3.05, 3.63) is 75.8 Å². The molecule has 1 N–H and O–H groups in total. The van der Waals surface area contributed by atoms with Crippen molar-refractivity contribution in [1.29, 1.82) is 5.26 Å². The van der Waals surface area contributed by atoms with Gasteiger partial charge in [0, 0.05) is 17.7 Å². The third-order valence-electron chi connectivity index (χ3n) is 4.12. The largest absolute Gasteiger partial charge is 0.325 e. The van der Waals surface area contributed by atoms with Gasteiger partial charge in [-0.25, -0.2) is 4.98 Å². The summed E-state index contributed by atoms with van der Waals surface area (Å²) < 4.78 is 0. The van der Waals surface area contributed by atoms with Gasteiger partial charge in [0.1, 0.15) is 11.1 Å². The van der Waals surface area contributed by atoms with Crippen LogP contribution in [0.3, 0.4) is 0 Å². The van der Waals surface area contributed by atoms with Crippen molar-refractivity contribution in [1.82, 2.24) is 4.98 Å². The first-order valence-corrected chi connectivity index (χ1v) is 10.6. The summed E-state index contributed by atoms with van der Waals surface area (Å²) in [6.45, 7) is 2.03. The first kappa shape index (κ1) is 21.2. The second-order valence-corrected chi connectivity index (χ2v) is 8.14. The van der Waals surface area contributed by atoms with E-state index in [4.69, 9.17) is 23.2 Å². The van der Waals surface area contributed by atoms with Crippen LogP contribution in [0.15, 0.2) is 59.6 Å². The van der Waals surface area contributed by atoms with Crippen LogP contribution in [0, 0.1) is 18.3 Å². The highest BCUT2D eigenvalue weighted by molar-refractivity contribution is 7.99. The van der Waals surface area contributed by atoms with Crippen molar-refractivity contribution in [2.75, 3.05) is 11.1 Å². The maximum atomic E-state index is 12.2. The summed E-state index contributed by atoms with van der Waals surface area (Å²) >= 11 is 13.4. The molecule has 0 spiro atoms. The number of aryl methyl sites for hydroxylation is 1. The Labute approximate surface area is 183 Å². The molecule has 146 valence electrons. The van der Waals surface area contributed by atoms with E-state index in [0.29, 0.717) is 32.1 Å². The van der Waals surface area contributed by atoms with E-state index in [1.54, 1.807) is 24.3 Å². The second kappa shape index (κ2) is 9.80. The Hall–Kier alpha value is -2.52. The maximum absolute atomic E-state index is 12.2. The SMILES string of the molecule is Cc1ccc(-c2ccc(C#N)c(SCCC(=O)Nc3cccc(Cl)c3Cl)n2)cc1. The van der Waals surface area contributed by atoms with Crippen molar-refractivity contribution in [3.8, 4) is 17.3 Å². The molecule has 0 atom stereocenters. The highest BCUT2D eigenvalue weighted by atomic mass is 35.5. The number of rotatable bonds is 6. The van der Waals surface area contributed by atoms with Crippen LogP contribution in [0.25, 0.3) is 11.3 Å². The maximum Gasteiger partial charge on any atom is 0.225 e. The average Bonchev–Trinajstić information content (AvgIpc) is 2.72. The molecule has 0 saturated heterocycles. The molecule has 7 heteroatoms. The number of thioether (sulfide) groups is 1. The van der Waals surface area contributed by atoms with E-state index in [-0.39, 0.29) is 12.3 Å². The van der Waals surface area contributed by atoms with Gasteiger partial charge in [-0.15, -0.1) is 11.8 Å². The molecule has 1 aromatic heterocycles. The van der Waals surface area contributed by atoms with E-state index in [9.17, 15) is 10.1 Å². The number of nitriles is 1. The van der Waals surface area contributed by atoms with Crippen molar-refractivity contribution in [2.45, 2.75) is 18.4 Å². The number of benzene rings is 2. The summed E-state index contributed by atoms with van der Waals surface area (Å²) in [6.07, 6.45) is 0.245. The van der Waals surface area contributed by atoms with E-state index in [1.807, 2.05) is 37.3 Å². The number of hydrogen-bond acceptors (Lipinski definition) is 4. The summed E-state index contributed by atoms with van der Waals surface area (Å²) in [6, 6.07) is 18.9. The zero-order valence-electron chi connectivity index (χ0n) is 15.6. The lowest BCUT2D eigenvalue weighted by molar-refractivity contribution is -0.115. The molecule has 0 aliphatic rings. The van der Waals surface area contributed by atoms with Crippen LogP contribution >= 0.6 is 35.0 Å². The van der Waals surface area contributed by atoms with Gasteiger partial charge in [0.2, 0.25) is 5.91 Å². The van der Waals surface area contributed by atoms with E-state index < -0.39 is 0 Å². The fraction of sp³-hybridized carbons (Fsp3) is 0.136. The lowest BCUT2D eigenvalue weighted by Crippen LogP contribution is -2.12. The monoisotopic (exact) mass is 441 g/mol. The van der Waals surface area contributed by atoms with Gasteiger partial charge < -0.3 is 5.32 Å². The molecular formula is C22H17Cl2N3OS. The minimum absolute atomic E-state index is 0.185. The summed E-state index contributed by atoms with van der Waals surface area (Å²) in [5.41, 5.74) is 3.91. The molecule has 3 rings (SSSR count). The summed E-state index contributed by atoms with van der Waals surface area (Å²) in [5.74, 6) is 0.290. The molecule has 0 unspecified atom stereocenters. The number of anilines is 1. The Morgan fingerprint density at radius 2 is 1.90 bits per heavy atom. The van der Waals surface area contributed by atoms with E-state index >= 15 is 0 Å². The summed E-state index contributed by atoms with van der Waals surface area (Å²) in [5, 5.41) is 13.4. The molecule has 4 nitrogen and oxygen atoms in total. The highest BCUT2D eigenvalue weighted by Gasteiger charge is 2.11. The molecule has 0 fully saturated rings. The van der Waals surface area contributed by atoms with Gasteiger partial charge in [-0.05, 0) is 31.2 Å². The van der Waals surface area contributed by atoms with Gasteiger partial charge in [0.25, 0.3) is 0 Å². The number of nitrogens with zero attached hydrogens (tertiary/aromatic N) is 2. The minimum atomic E-state index is -0.185. The fourth-order valence-corrected chi connectivity index (χ4v) is 3.83. The van der Waals surface area contributed by atoms with Crippen molar-refractivity contribution < 1.29 is 4.79 Å². The van der Waals surface area contributed by atoms with Gasteiger partial charge in [0.15, 0.2) is 0 Å². The normalized spacial score (nSPS) is 10.4. The van der Waals surface area contributed by atoms with Crippen molar-refractivity contribution in [2.24, 2.45) is 0 Å². The van der Waals surface area contributed by atoms with Gasteiger partial charge in [0.05, 0.1) is 27.0 Å². The molecular weight excluding hydrogens is 425 g/mol. The topological polar surface area (TPSA) is 65.8 Å². The quantitative estimate of drug-likeness (QED) is 0.452. The first-order valence-electron chi connectivity index (χ1n) is 8.83. The lowest BCUT2D eigenvalue weighted by Gasteiger charge is -2.09. The molecule has 29 heavy (non-hydrogen) atoms. The van der Waals surface area contributed by atoms with Crippen molar-refractivity contribution >= 4 is 46.6 Å². The van der Waals surface area contributed by atoms with Gasteiger partial charge in [-0.3, -0.25) is 4.79 Å². The number of carbonyl (C=O) groups excluding carboxylic acids is 1. The summed E-state index contributed by atoms with van der Waals surface area (Å²) in [7, 11) is 0. The predicted octanol–water partition coefficient (Wildman–Crippen LogP) is 6.36. The van der Waals surface area contributed by atoms with E-state index in [1.165, 1.54) is 17.3 Å². The highest BCUT2D eigenvalue weighted by Crippen LogP contribution is 2.30. The number of hydrogen-bond donors (Lipinski definition) is 1. The van der Waals surface area contributed by atoms with Crippen LogP contribution in [-0.4, -0.2) is 16.6 Å². The smallest absolute Gasteiger partial charge is 0.225 e. The third-order valence-corrected chi connectivity index (χ3v) is 5.93. The van der Waals surface area contributed by atoms with Gasteiger partial charge >= 0.3 is 0 Å². The molecule has 0 aliphatic carbocycles. The first-order chi connectivity index (χ1) is 14.0. The van der Waals surface area contributed by atoms with E-state index in [2.05, 4.69) is 16.4 Å². The molecule has 3 aromatic rings. The number of amides is 1. The Bertz CT molecular complexity index is 1080. The molecule has 2 aromatic carbocycles. The Morgan fingerprint density at radius 3 is 2.62 bits per heavy atom. The third kappa shape index (κ3) is 5.51. The number of nitrogens with one attached hydrogen (secondary N) is 1. The molecule has 0 radical (unpaired) electrons. The Balaban J connectivity index is 1.66. The molecule has 1 amide bonds. The van der Waals surface area contributed by atoms with Crippen LogP contribution in [-0.2, 0) is 4.79 Å². The lowest BCUT2D eigenvalue weighted by atomic mass is 10.1. The Kier molecular flexibility index (Phi) is 7.16. The molecule has 0 saturated carbocycles. The standard InChI is InChI=1S/C22H17Cl2N3OS/c1-14-5-7-15(8-6-14)18-10-9-16(13-25)22(27-18)29-12-11-20(28)26-19-4-2-3-17(23)21(19)24/h2-10H,11-12H2,1H3,(H,26,28). The van der Waals surface area contributed by atoms with Crippen LogP contribution in [0.5, 0.6) is 0 Å². The fourth-order valence-electron chi connectivity index (χ4n) is 2.57. The van der Waals surface area contributed by atoms with E-state index in [0.717, 1.165) is 11.3 Å². The number of aromatic nitrogens is 1. The molecule has 0 bridgehead atoms.